The first kappa shape index (κ1) is 7.95. The highest BCUT2D eigenvalue weighted by atomic mass is 79.9. The molecule has 0 bridgehead atoms. The molecule has 0 fully saturated rings. The molecule has 0 aromatic heterocycles. The van der Waals surface area contributed by atoms with Gasteiger partial charge in [0.2, 0.25) is 0 Å². The van der Waals surface area contributed by atoms with Crippen LogP contribution in [0.3, 0.4) is 0 Å². The number of allylic oxidation sites excluding steroid dienone is 1. The Hall–Kier alpha value is -0.150. The average Bonchev–Trinajstić information content (AvgIpc) is 1.94. The average molecular weight is 204 g/mol. The molecular formula is C7H10BrNO. The maximum absolute atomic E-state index is 8.80. The Morgan fingerprint density at radius 1 is 1.90 bits per heavy atom. The van der Waals surface area contributed by atoms with Gasteiger partial charge in [-0.2, -0.15) is 0 Å². The SMILES string of the molecule is CC1CC=C(Br)N=C1CO. The van der Waals surface area contributed by atoms with Gasteiger partial charge >= 0.3 is 0 Å². The summed E-state index contributed by atoms with van der Waals surface area (Å²) >= 11 is 3.26. The largest absolute Gasteiger partial charge is 0.390 e. The highest BCUT2D eigenvalue weighted by Gasteiger charge is 2.12. The minimum atomic E-state index is 0.0735. The smallest absolute Gasteiger partial charge is 0.102 e. The molecule has 2 nitrogen and oxygen atoms in total. The van der Waals surface area contributed by atoms with Crippen LogP contribution in [0.25, 0.3) is 0 Å². The summed E-state index contributed by atoms with van der Waals surface area (Å²) in [6.45, 7) is 2.13. The Bertz CT molecular complexity index is 186. The molecule has 56 valence electrons. The molecule has 0 aromatic carbocycles. The summed E-state index contributed by atoms with van der Waals surface area (Å²) in [5.41, 5.74) is 0.870. The monoisotopic (exact) mass is 203 g/mol. The van der Waals surface area contributed by atoms with Crippen molar-refractivity contribution < 1.29 is 5.11 Å². The number of rotatable bonds is 1. The summed E-state index contributed by atoms with van der Waals surface area (Å²) < 4.78 is 0.842. The fourth-order valence-electron chi connectivity index (χ4n) is 0.894. The molecule has 1 aliphatic heterocycles. The highest BCUT2D eigenvalue weighted by Crippen LogP contribution is 2.19. The molecule has 0 saturated heterocycles. The van der Waals surface area contributed by atoms with Crippen LogP contribution in [0.15, 0.2) is 15.7 Å². The van der Waals surface area contributed by atoms with Crippen molar-refractivity contribution in [2.45, 2.75) is 13.3 Å². The number of hydrogen-bond acceptors (Lipinski definition) is 2. The van der Waals surface area contributed by atoms with Crippen molar-refractivity contribution in [1.82, 2.24) is 0 Å². The molecule has 3 heteroatoms. The van der Waals surface area contributed by atoms with E-state index in [1.807, 2.05) is 6.08 Å². The second kappa shape index (κ2) is 3.30. The van der Waals surface area contributed by atoms with Crippen LogP contribution in [-0.2, 0) is 0 Å². The summed E-state index contributed by atoms with van der Waals surface area (Å²) in [6.07, 6.45) is 2.99. The van der Waals surface area contributed by atoms with E-state index in [9.17, 15) is 0 Å². The van der Waals surface area contributed by atoms with E-state index in [0.717, 1.165) is 16.7 Å². The summed E-state index contributed by atoms with van der Waals surface area (Å²) in [4.78, 5) is 4.13. The van der Waals surface area contributed by atoms with Gasteiger partial charge in [0.05, 0.1) is 6.61 Å². The third-order valence-electron chi connectivity index (χ3n) is 1.62. The van der Waals surface area contributed by atoms with Gasteiger partial charge in [0.1, 0.15) is 4.61 Å². The van der Waals surface area contributed by atoms with Crippen LogP contribution in [0, 0.1) is 5.92 Å². The van der Waals surface area contributed by atoms with E-state index in [1.54, 1.807) is 0 Å². The lowest BCUT2D eigenvalue weighted by Crippen LogP contribution is -2.17. The van der Waals surface area contributed by atoms with Crippen LogP contribution in [0.2, 0.25) is 0 Å². The van der Waals surface area contributed by atoms with Crippen molar-refractivity contribution in [2.75, 3.05) is 6.61 Å². The Kier molecular flexibility index (Phi) is 2.63. The minimum Gasteiger partial charge on any atom is -0.390 e. The Balaban J connectivity index is 2.73. The van der Waals surface area contributed by atoms with Gasteiger partial charge in [0.25, 0.3) is 0 Å². The molecule has 10 heavy (non-hydrogen) atoms. The molecule has 0 spiro atoms. The first-order valence-corrected chi connectivity index (χ1v) is 4.07. The second-order valence-corrected chi connectivity index (χ2v) is 3.24. The number of aliphatic hydroxyl groups is 1. The van der Waals surface area contributed by atoms with Crippen molar-refractivity contribution in [1.29, 1.82) is 0 Å². The molecule has 0 radical (unpaired) electrons. The third kappa shape index (κ3) is 1.67. The fourth-order valence-corrected chi connectivity index (χ4v) is 1.31. The predicted octanol–water partition coefficient (Wildman–Crippen LogP) is 1.70. The molecule has 0 aliphatic carbocycles. The number of hydrogen-bond donors (Lipinski definition) is 1. The summed E-state index contributed by atoms with van der Waals surface area (Å²) in [5.74, 6) is 0.395. The van der Waals surface area contributed by atoms with Gasteiger partial charge in [0, 0.05) is 11.6 Å². The first-order chi connectivity index (χ1) is 4.74. The lowest BCUT2D eigenvalue weighted by molar-refractivity contribution is 0.350. The molecular weight excluding hydrogens is 194 g/mol. The van der Waals surface area contributed by atoms with E-state index in [1.165, 1.54) is 0 Å². The van der Waals surface area contributed by atoms with Crippen LogP contribution < -0.4 is 0 Å². The minimum absolute atomic E-state index is 0.0735. The van der Waals surface area contributed by atoms with Gasteiger partial charge in [-0.1, -0.05) is 13.0 Å². The van der Waals surface area contributed by atoms with Crippen LogP contribution in [-0.4, -0.2) is 17.4 Å². The van der Waals surface area contributed by atoms with E-state index >= 15 is 0 Å². The van der Waals surface area contributed by atoms with Crippen LogP contribution in [0.5, 0.6) is 0 Å². The lowest BCUT2D eigenvalue weighted by Gasteiger charge is -2.14. The van der Waals surface area contributed by atoms with Crippen molar-refractivity contribution >= 4 is 21.6 Å². The Morgan fingerprint density at radius 2 is 2.60 bits per heavy atom. The molecule has 1 N–H and O–H groups in total. The van der Waals surface area contributed by atoms with Crippen molar-refractivity contribution in [3.05, 3.63) is 10.7 Å². The van der Waals surface area contributed by atoms with Gasteiger partial charge in [-0.15, -0.1) is 0 Å². The van der Waals surface area contributed by atoms with Crippen molar-refractivity contribution in [3.8, 4) is 0 Å². The Labute approximate surface area is 68.8 Å². The van der Waals surface area contributed by atoms with E-state index in [-0.39, 0.29) is 6.61 Å². The number of aliphatic imine (C=N–C) groups is 1. The number of nitrogens with zero attached hydrogens (tertiary/aromatic N) is 1. The van der Waals surface area contributed by atoms with Crippen LogP contribution >= 0.6 is 15.9 Å². The van der Waals surface area contributed by atoms with Crippen molar-refractivity contribution in [2.24, 2.45) is 10.9 Å². The Morgan fingerprint density at radius 3 is 3.10 bits per heavy atom. The molecule has 1 unspecified atom stereocenters. The third-order valence-corrected chi connectivity index (χ3v) is 2.12. The van der Waals surface area contributed by atoms with Crippen molar-refractivity contribution in [3.63, 3.8) is 0 Å². The van der Waals surface area contributed by atoms with E-state index < -0.39 is 0 Å². The predicted molar refractivity (Wildman–Crippen MR) is 45.3 cm³/mol. The molecule has 1 aliphatic rings. The zero-order valence-corrected chi connectivity index (χ0v) is 7.43. The number of aliphatic hydroxyl groups excluding tert-OH is 1. The lowest BCUT2D eigenvalue weighted by atomic mass is 10.0. The van der Waals surface area contributed by atoms with Gasteiger partial charge in [0.15, 0.2) is 0 Å². The zero-order valence-electron chi connectivity index (χ0n) is 5.84. The first-order valence-electron chi connectivity index (χ1n) is 3.28. The maximum atomic E-state index is 8.80. The van der Waals surface area contributed by atoms with Gasteiger partial charge in [-0.3, -0.25) is 0 Å². The molecule has 0 saturated carbocycles. The topological polar surface area (TPSA) is 32.6 Å². The van der Waals surface area contributed by atoms with Crippen LogP contribution in [0.1, 0.15) is 13.3 Å². The quantitative estimate of drug-likeness (QED) is 0.647. The molecule has 1 rings (SSSR count). The van der Waals surface area contributed by atoms with E-state index in [2.05, 4.69) is 27.8 Å². The number of halogens is 1. The van der Waals surface area contributed by atoms with Gasteiger partial charge in [-0.25, -0.2) is 4.99 Å². The normalized spacial score (nSPS) is 25.7. The molecule has 1 atom stereocenters. The van der Waals surface area contributed by atoms with Gasteiger partial charge < -0.3 is 5.11 Å². The molecule has 1 heterocycles. The second-order valence-electron chi connectivity index (χ2n) is 2.42. The summed E-state index contributed by atoms with van der Waals surface area (Å²) in [6, 6.07) is 0. The molecule has 0 amide bonds. The van der Waals surface area contributed by atoms with E-state index in [0.29, 0.717) is 5.92 Å². The van der Waals surface area contributed by atoms with E-state index in [4.69, 9.17) is 5.11 Å². The van der Waals surface area contributed by atoms with Gasteiger partial charge in [-0.05, 0) is 22.4 Å². The zero-order chi connectivity index (χ0) is 7.56. The summed E-state index contributed by atoms with van der Waals surface area (Å²) in [5, 5.41) is 8.80. The molecule has 0 aromatic rings. The van der Waals surface area contributed by atoms with Crippen LogP contribution in [0.4, 0.5) is 0 Å². The standard InChI is InChI=1S/C7H10BrNO/c1-5-2-3-7(8)9-6(5)4-10/h3,5,10H,2,4H2,1H3. The fraction of sp³-hybridized carbons (Fsp3) is 0.571. The summed E-state index contributed by atoms with van der Waals surface area (Å²) in [7, 11) is 0. The highest BCUT2D eigenvalue weighted by molar-refractivity contribution is 9.11. The maximum Gasteiger partial charge on any atom is 0.102 e.